The highest BCUT2D eigenvalue weighted by atomic mass is 19.1. The highest BCUT2D eigenvalue weighted by molar-refractivity contribution is 5.82. The van der Waals surface area contributed by atoms with Gasteiger partial charge in [-0.05, 0) is 30.7 Å². The summed E-state index contributed by atoms with van der Waals surface area (Å²) in [5, 5.41) is 0.491. The van der Waals surface area contributed by atoms with Crippen LogP contribution < -0.4 is 4.74 Å². The van der Waals surface area contributed by atoms with Crippen LogP contribution in [0.25, 0.3) is 10.9 Å². The monoisotopic (exact) mass is 363 g/mol. The van der Waals surface area contributed by atoms with Crippen LogP contribution in [0.3, 0.4) is 0 Å². The number of hydrogen-bond acceptors (Lipinski definition) is 4. The molecule has 0 unspecified atom stereocenters. The van der Waals surface area contributed by atoms with Gasteiger partial charge < -0.3 is 14.5 Å². The highest BCUT2D eigenvalue weighted by Gasteiger charge is 2.12. The molecule has 0 aliphatic heterocycles. The molecule has 2 aromatic heterocycles. The molecular formula is C21H18FN3O2. The lowest BCUT2D eigenvalue weighted by Gasteiger charge is -2.08. The summed E-state index contributed by atoms with van der Waals surface area (Å²) in [6.07, 6.45) is 1.38. The van der Waals surface area contributed by atoms with Crippen molar-refractivity contribution in [1.82, 2.24) is 15.0 Å². The van der Waals surface area contributed by atoms with Crippen LogP contribution in [0.1, 0.15) is 17.0 Å². The minimum absolute atomic E-state index is 0.122. The molecule has 0 bridgehead atoms. The lowest BCUT2D eigenvalue weighted by atomic mass is 10.2. The first kappa shape index (κ1) is 17.2. The Kier molecular flexibility index (Phi) is 4.80. The van der Waals surface area contributed by atoms with E-state index in [1.54, 1.807) is 24.3 Å². The van der Waals surface area contributed by atoms with Crippen molar-refractivity contribution in [3.8, 4) is 11.6 Å². The van der Waals surface area contributed by atoms with Crippen molar-refractivity contribution >= 4 is 10.9 Å². The summed E-state index contributed by atoms with van der Waals surface area (Å²) in [7, 11) is 0. The summed E-state index contributed by atoms with van der Waals surface area (Å²) in [6.45, 7) is 2.68. The molecule has 4 aromatic rings. The van der Waals surface area contributed by atoms with Gasteiger partial charge in [0.2, 0.25) is 5.88 Å². The van der Waals surface area contributed by atoms with Gasteiger partial charge in [0, 0.05) is 22.7 Å². The van der Waals surface area contributed by atoms with Gasteiger partial charge in [-0.2, -0.15) is 0 Å². The molecule has 0 aliphatic rings. The molecule has 5 nitrogen and oxygen atoms in total. The smallest absolute Gasteiger partial charge is 0.222 e. The largest absolute Gasteiger partial charge is 0.436 e. The Morgan fingerprint density at radius 2 is 1.85 bits per heavy atom. The van der Waals surface area contributed by atoms with E-state index < -0.39 is 5.82 Å². The molecular weight excluding hydrogens is 345 g/mol. The second-order valence-corrected chi connectivity index (χ2v) is 6.22. The number of rotatable bonds is 6. The first-order valence-electron chi connectivity index (χ1n) is 8.57. The molecule has 0 saturated carbocycles. The minimum atomic E-state index is -0.419. The lowest BCUT2D eigenvalue weighted by molar-refractivity contribution is 0.104. The summed E-state index contributed by atoms with van der Waals surface area (Å²) in [5.74, 6) is -0.0255. The highest BCUT2D eigenvalue weighted by Crippen LogP contribution is 2.29. The molecule has 27 heavy (non-hydrogen) atoms. The van der Waals surface area contributed by atoms with E-state index in [4.69, 9.17) is 9.47 Å². The number of nitrogens with one attached hydrogen (secondary N) is 1. The van der Waals surface area contributed by atoms with Gasteiger partial charge in [0.25, 0.3) is 0 Å². The van der Waals surface area contributed by atoms with Crippen molar-refractivity contribution in [1.29, 1.82) is 0 Å². The SMILES string of the molecule is Cc1cc2c(F)c(Oc3cc(COCc4ccccc4)ncn3)ccc2[nH]1. The average Bonchev–Trinajstić information content (AvgIpc) is 3.07. The Hall–Kier alpha value is -3.25. The van der Waals surface area contributed by atoms with Gasteiger partial charge in [-0.1, -0.05) is 30.3 Å². The van der Waals surface area contributed by atoms with Gasteiger partial charge in [0.1, 0.15) is 6.33 Å². The quantitative estimate of drug-likeness (QED) is 0.528. The maximum absolute atomic E-state index is 14.6. The van der Waals surface area contributed by atoms with Crippen LogP contribution in [0, 0.1) is 12.7 Å². The van der Waals surface area contributed by atoms with Crippen LogP contribution >= 0.6 is 0 Å². The summed E-state index contributed by atoms with van der Waals surface area (Å²) < 4.78 is 26.0. The Bertz CT molecular complexity index is 1060. The van der Waals surface area contributed by atoms with Gasteiger partial charge in [-0.15, -0.1) is 0 Å². The number of halogens is 1. The van der Waals surface area contributed by atoms with Gasteiger partial charge in [0.05, 0.1) is 18.9 Å². The van der Waals surface area contributed by atoms with Crippen molar-refractivity contribution in [2.75, 3.05) is 0 Å². The second kappa shape index (κ2) is 7.55. The van der Waals surface area contributed by atoms with Crippen LogP contribution in [0.4, 0.5) is 4.39 Å². The third-order valence-corrected chi connectivity index (χ3v) is 4.11. The number of benzene rings is 2. The van der Waals surface area contributed by atoms with Gasteiger partial charge >= 0.3 is 0 Å². The summed E-state index contributed by atoms with van der Waals surface area (Å²) in [5.41, 5.74) is 3.37. The van der Waals surface area contributed by atoms with E-state index in [1.165, 1.54) is 6.33 Å². The maximum atomic E-state index is 14.6. The molecule has 2 aromatic carbocycles. The maximum Gasteiger partial charge on any atom is 0.222 e. The van der Waals surface area contributed by atoms with E-state index >= 15 is 0 Å². The minimum Gasteiger partial charge on any atom is -0.436 e. The number of ether oxygens (including phenoxy) is 2. The standard InChI is InChI=1S/C21H18FN3O2/c1-14-9-17-18(25-14)7-8-19(21(17)22)27-20-10-16(23-13-24-20)12-26-11-15-5-3-2-4-6-15/h2-10,13,25H,11-12H2,1H3. The second-order valence-electron chi connectivity index (χ2n) is 6.22. The summed E-state index contributed by atoms with van der Waals surface area (Å²) in [4.78, 5) is 11.3. The number of aromatic amines is 1. The average molecular weight is 363 g/mol. The molecule has 0 amide bonds. The molecule has 0 spiro atoms. The third-order valence-electron chi connectivity index (χ3n) is 4.11. The molecule has 2 heterocycles. The zero-order valence-corrected chi connectivity index (χ0v) is 14.8. The molecule has 4 rings (SSSR count). The van der Waals surface area contributed by atoms with E-state index in [1.807, 2.05) is 37.3 Å². The Labute approximate surface area is 155 Å². The third kappa shape index (κ3) is 3.96. The Morgan fingerprint density at radius 3 is 2.70 bits per heavy atom. The number of hydrogen-bond donors (Lipinski definition) is 1. The summed E-state index contributed by atoms with van der Waals surface area (Å²) >= 11 is 0. The first-order chi connectivity index (χ1) is 13.2. The van der Waals surface area contributed by atoms with E-state index in [2.05, 4.69) is 15.0 Å². The summed E-state index contributed by atoms with van der Waals surface area (Å²) in [6, 6.07) is 16.7. The predicted molar refractivity (Wildman–Crippen MR) is 100 cm³/mol. The zero-order valence-electron chi connectivity index (χ0n) is 14.8. The topological polar surface area (TPSA) is 60.0 Å². The van der Waals surface area contributed by atoms with Crippen molar-refractivity contribution in [3.63, 3.8) is 0 Å². The molecule has 1 N–H and O–H groups in total. The molecule has 136 valence electrons. The fraction of sp³-hybridized carbons (Fsp3) is 0.143. The van der Waals surface area contributed by atoms with Crippen molar-refractivity contribution < 1.29 is 13.9 Å². The van der Waals surface area contributed by atoms with E-state index in [9.17, 15) is 4.39 Å². The van der Waals surface area contributed by atoms with Gasteiger partial charge in [-0.3, -0.25) is 0 Å². The zero-order chi connectivity index (χ0) is 18.6. The number of fused-ring (bicyclic) bond motifs is 1. The number of nitrogens with zero attached hydrogens (tertiary/aromatic N) is 2. The van der Waals surface area contributed by atoms with Crippen LogP contribution in [0.15, 0.2) is 60.9 Å². The molecule has 0 aliphatic carbocycles. The lowest BCUT2D eigenvalue weighted by Crippen LogP contribution is -1.99. The normalized spacial score (nSPS) is 11.0. The molecule has 0 saturated heterocycles. The van der Waals surface area contributed by atoms with E-state index in [0.29, 0.717) is 24.3 Å². The first-order valence-corrected chi connectivity index (χ1v) is 8.57. The van der Waals surface area contributed by atoms with Gasteiger partial charge in [-0.25, -0.2) is 14.4 Å². The van der Waals surface area contributed by atoms with E-state index in [0.717, 1.165) is 16.8 Å². The van der Waals surface area contributed by atoms with Crippen molar-refractivity contribution in [2.45, 2.75) is 20.1 Å². The molecule has 6 heteroatoms. The molecule has 0 atom stereocenters. The Morgan fingerprint density at radius 1 is 1.00 bits per heavy atom. The van der Waals surface area contributed by atoms with Crippen molar-refractivity contribution in [3.05, 3.63) is 83.7 Å². The van der Waals surface area contributed by atoms with Gasteiger partial charge in [0.15, 0.2) is 11.6 Å². The predicted octanol–water partition coefficient (Wildman–Crippen LogP) is 4.91. The molecule has 0 fully saturated rings. The fourth-order valence-corrected chi connectivity index (χ4v) is 2.84. The molecule has 0 radical (unpaired) electrons. The number of H-pyrrole nitrogens is 1. The van der Waals surface area contributed by atoms with Crippen LogP contribution in [0.5, 0.6) is 11.6 Å². The van der Waals surface area contributed by atoms with Crippen molar-refractivity contribution in [2.24, 2.45) is 0 Å². The Balaban J connectivity index is 1.45. The number of aryl methyl sites for hydroxylation is 1. The number of aromatic nitrogens is 3. The fourth-order valence-electron chi connectivity index (χ4n) is 2.84. The van der Waals surface area contributed by atoms with E-state index in [-0.39, 0.29) is 11.6 Å². The van der Waals surface area contributed by atoms with Crippen LogP contribution in [-0.2, 0) is 18.0 Å². The van der Waals surface area contributed by atoms with Crippen LogP contribution in [-0.4, -0.2) is 15.0 Å². The van der Waals surface area contributed by atoms with Crippen LogP contribution in [0.2, 0.25) is 0 Å².